The van der Waals surface area contributed by atoms with Crippen molar-refractivity contribution in [2.24, 2.45) is 0 Å². The normalized spacial score (nSPS) is 25.5. The molecule has 0 radical (unpaired) electrons. The molecule has 0 aromatic heterocycles. The first-order chi connectivity index (χ1) is 11.0. The van der Waals surface area contributed by atoms with Crippen LogP contribution in [0.3, 0.4) is 0 Å². The van der Waals surface area contributed by atoms with Gasteiger partial charge >= 0.3 is 5.97 Å². The summed E-state index contributed by atoms with van der Waals surface area (Å²) in [4.78, 5) is 27.8. The molecule has 124 valence electrons. The van der Waals surface area contributed by atoms with Crippen molar-refractivity contribution in [2.75, 3.05) is 26.2 Å². The molecule has 1 aromatic carbocycles. The minimum Gasteiger partial charge on any atom is -0.461 e. The second kappa shape index (κ2) is 6.45. The molecule has 23 heavy (non-hydrogen) atoms. The summed E-state index contributed by atoms with van der Waals surface area (Å²) in [5, 5.41) is 0.262. The molecular weight excluding hydrogens is 323 g/mol. The number of piperazine rings is 1. The molecule has 5 nitrogen and oxygen atoms in total. The molecule has 0 bridgehead atoms. The number of hydrogen-bond donors (Lipinski definition) is 0. The van der Waals surface area contributed by atoms with Gasteiger partial charge in [0.15, 0.2) is 0 Å². The Morgan fingerprint density at radius 2 is 2.00 bits per heavy atom. The van der Waals surface area contributed by atoms with Crippen molar-refractivity contribution in [3.05, 3.63) is 34.6 Å². The monoisotopic (exact) mass is 340 g/mol. The average molecular weight is 341 g/mol. The number of hydrogen-bond acceptors (Lipinski definition) is 4. The molecule has 0 N–H and O–H groups in total. The molecule has 0 aliphatic carbocycles. The second-order valence-electron chi connectivity index (χ2n) is 5.95. The zero-order valence-corrected chi connectivity index (χ0v) is 13.6. The number of carbonyl (C=O) groups excluding carboxylic acids is 2. The highest BCUT2D eigenvalue weighted by atomic mass is 35.5. The van der Waals surface area contributed by atoms with E-state index in [1.54, 1.807) is 4.90 Å². The van der Waals surface area contributed by atoms with Gasteiger partial charge in [-0.1, -0.05) is 11.6 Å². The quantitative estimate of drug-likeness (QED) is 0.772. The fraction of sp³-hybridized carbons (Fsp3) is 0.500. The summed E-state index contributed by atoms with van der Waals surface area (Å²) in [6.45, 7) is 3.94. The summed E-state index contributed by atoms with van der Waals surface area (Å²) in [7, 11) is 0. The van der Waals surface area contributed by atoms with Crippen molar-refractivity contribution < 1.29 is 18.7 Å². The maximum Gasteiger partial charge on any atom is 0.323 e. The molecule has 2 aliphatic heterocycles. The first-order valence-electron chi connectivity index (χ1n) is 7.64. The van der Waals surface area contributed by atoms with Gasteiger partial charge in [0, 0.05) is 37.6 Å². The van der Waals surface area contributed by atoms with E-state index in [1.165, 1.54) is 12.1 Å². The molecular formula is C16H18ClFN2O3. The third kappa shape index (κ3) is 3.33. The van der Waals surface area contributed by atoms with E-state index in [9.17, 15) is 14.0 Å². The summed E-state index contributed by atoms with van der Waals surface area (Å²) in [5.41, 5.74) is 0.0248. The number of amides is 1. The molecule has 2 saturated heterocycles. The van der Waals surface area contributed by atoms with Gasteiger partial charge < -0.3 is 9.64 Å². The number of cyclic esters (lactones) is 1. The molecule has 0 unspecified atom stereocenters. The van der Waals surface area contributed by atoms with E-state index in [4.69, 9.17) is 16.3 Å². The van der Waals surface area contributed by atoms with Gasteiger partial charge in [0.05, 0.1) is 5.56 Å². The molecule has 2 fully saturated rings. The van der Waals surface area contributed by atoms with Crippen LogP contribution in [-0.2, 0) is 9.53 Å². The van der Waals surface area contributed by atoms with Gasteiger partial charge in [-0.25, -0.2) is 4.39 Å². The minimum absolute atomic E-state index is 0.0248. The first kappa shape index (κ1) is 16.2. The van der Waals surface area contributed by atoms with E-state index in [2.05, 4.69) is 0 Å². The Balaban J connectivity index is 1.62. The van der Waals surface area contributed by atoms with E-state index >= 15 is 0 Å². The van der Waals surface area contributed by atoms with Crippen molar-refractivity contribution in [3.63, 3.8) is 0 Å². The lowest BCUT2D eigenvalue weighted by Crippen LogP contribution is -2.53. The van der Waals surface area contributed by atoms with Crippen LogP contribution in [0.15, 0.2) is 18.2 Å². The van der Waals surface area contributed by atoms with Gasteiger partial charge in [0.1, 0.15) is 18.0 Å². The maximum absolute atomic E-state index is 13.9. The number of esters is 1. The lowest BCUT2D eigenvalue weighted by molar-refractivity contribution is -0.145. The first-order valence-corrected chi connectivity index (χ1v) is 8.02. The SMILES string of the molecule is C[C@@H]1C[C@@H](N2CCN(C(=O)c3ccc(Cl)cc3F)CC2)C(=O)O1. The Hall–Kier alpha value is -1.66. The van der Waals surface area contributed by atoms with Crippen molar-refractivity contribution in [3.8, 4) is 0 Å². The largest absolute Gasteiger partial charge is 0.461 e. The molecule has 2 atom stereocenters. The van der Waals surface area contributed by atoms with Crippen molar-refractivity contribution in [1.82, 2.24) is 9.80 Å². The lowest BCUT2D eigenvalue weighted by Gasteiger charge is -2.36. The van der Waals surface area contributed by atoms with Gasteiger partial charge in [0.25, 0.3) is 5.91 Å². The third-order valence-corrected chi connectivity index (χ3v) is 4.58. The molecule has 7 heteroatoms. The van der Waals surface area contributed by atoms with Gasteiger partial charge in [-0.05, 0) is 25.1 Å². The van der Waals surface area contributed by atoms with Crippen molar-refractivity contribution in [2.45, 2.75) is 25.5 Å². The van der Waals surface area contributed by atoms with Crippen LogP contribution < -0.4 is 0 Å². The second-order valence-corrected chi connectivity index (χ2v) is 6.39. The van der Waals surface area contributed by atoms with Crippen LogP contribution in [0.5, 0.6) is 0 Å². The fourth-order valence-corrected chi connectivity index (χ4v) is 3.26. The van der Waals surface area contributed by atoms with Gasteiger partial charge in [-0.3, -0.25) is 14.5 Å². The maximum atomic E-state index is 13.9. The van der Waals surface area contributed by atoms with Crippen LogP contribution in [-0.4, -0.2) is 60.0 Å². The highest BCUT2D eigenvalue weighted by Crippen LogP contribution is 2.22. The van der Waals surface area contributed by atoms with Crippen LogP contribution in [0.1, 0.15) is 23.7 Å². The lowest BCUT2D eigenvalue weighted by atomic mass is 10.1. The van der Waals surface area contributed by atoms with E-state index in [0.29, 0.717) is 32.6 Å². The third-order valence-electron chi connectivity index (χ3n) is 4.35. The highest BCUT2D eigenvalue weighted by molar-refractivity contribution is 6.30. The summed E-state index contributed by atoms with van der Waals surface area (Å²) >= 11 is 5.71. The van der Waals surface area contributed by atoms with E-state index in [0.717, 1.165) is 6.07 Å². The number of rotatable bonds is 2. The zero-order valence-electron chi connectivity index (χ0n) is 12.8. The van der Waals surface area contributed by atoms with Crippen LogP contribution in [0.25, 0.3) is 0 Å². The molecule has 3 rings (SSSR count). The van der Waals surface area contributed by atoms with E-state index in [-0.39, 0.29) is 34.6 Å². The average Bonchev–Trinajstić information content (AvgIpc) is 2.85. The van der Waals surface area contributed by atoms with E-state index < -0.39 is 5.82 Å². The number of halogens is 2. The van der Waals surface area contributed by atoms with Crippen LogP contribution >= 0.6 is 11.6 Å². The molecule has 1 aromatic rings. The Morgan fingerprint density at radius 3 is 2.57 bits per heavy atom. The van der Waals surface area contributed by atoms with Gasteiger partial charge in [-0.15, -0.1) is 0 Å². The summed E-state index contributed by atoms with van der Waals surface area (Å²) in [6.07, 6.45) is 0.619. The smallest absolute Gasteiger partial charge is 0.323 e. The van der Waals surface area contributed by atoms with Crippen LogP contribution in [0.2, 0.25) is 5.02 Å². The van der Waals surface area contributed by atoms with Gasteiger partial charge in [0.2, 0.25) is 0 Å². The minimum atomic E-state index is -0.613. The van der Waals surface area contributed by atoms with E-state index in [1.807, 2.05) is 11.8 Å². The number of nitrogens with zero attached hydrogens (tertiary/aromatic N) is 2. The summed E-state index contributed by atoms with van der Waals surface area (Å²) < 4.78 is 19.0. The predicted octanol–water partition coefficient (Wildman–Crippen LogP) is 1.94. The van der Waals surface area contributed by atoms with Crippen LogP contribution in [0.4, 0.5) is 4.39 Å². The van der Waals surface area contributed by atoms with Gasteiger partial charge in [-0.2, -0.15) is 0 Å². The Bertz CT molecular complexity index is 632. The predicted molar refractivity (Wildman–Crippen MR) is 82.8 cm³/mol. The molecule has 0 saturated carbocycles. The standard InChI is InChI=1S/C16H18ClFN2O3/c1-10-8-14(16(22)23-10)19-4-6-20(7-5-19)15(21)12-3-2-11(17)9-13(12)18/h2-3,9-10,14H,4-8H2,1H3/t10-,14-/m1/s1. The number of ether oxygens (including phenoxy) is 1. The fourth-order valence-electron chi connectivity index (χ4n) is 3.10. The Morgan fingerprint density at radius 1 is 1.30 bits per heavy atom. The molecule has 2 heterocycles. The number of benzene rings is 1. The Kier molecular flexibility index (Phi) is 4.55. The van der Waals surface area contributed by atoms with Crippen molar-refractivity contribution in [1.29, 1.82) is 0 Å². The highest BCUT2D eigenvalue weighted by Gasteiger charge is 2.38. The summed E-state index contributed by atoms with van der Waals surface area (Å²) in [6, 6.07) is 3.82. The van der Waals surface area contributed by atoms with Crippen LogP contribution in [0, 0.1) is 5.82 Å². The Labute approximate surface area is 138 Å². The topological polar surface area (TPSA) is 49.9 Å². The zero-order chi connectivity index (χ0) is 16.6. The summed E-state index contributed by atoms with van der Waals surface area (Å²) in [5.74, 6) is -1.15. The number of carbonyl (C=O) groups is 2. The molecule has 1 amide bonds. The molecule has 2 aliphatic rings. The van der Waals surface area contributed by atoms with Crippen molar-refractivity contribution >= 4 is 23.5 Å². The molecule has 0 spiro atoms.